The first kappa shape index (κ1) is 18.0. The van der Waals surface area contributed by atoms with E-state index in [2.05, 4.69) is 5.32 Å². The number of hydrogen-bond donors (Lipinski definition) is 1. The summed E-state index contributed by atoms with van der Waals surface area (Å²) in [7, 11) is 0. The molecule has 26 heavy (non-hydrogen) atoms. The lowest BCUT2D eigenvalue weighted by atomic mass is 9.91. The Morgan fingerprint density at radius 1 is 1.23 bits per heavy atom. The first-order valence-electron chi connectivity index (χ1n) is 8.60. The van der Waals surface area contributed by atoms with Crippen molar-refractivity contribution in [3.63, 3.8) is 0 Å². The van der Waals surface area contributed by atoms with E-state index in [0.717, 1.165) is 35.7 Å². The van der Waals surface area contributed by atoms with Crippen LogP contribution >= 0.6 is 0 Å². The van der Waals surface area contributed by atoms with E-state index in [0.29, 0.717) is 6.54 Å². The third kappa shape index (κ3) is 3.59. The van der Waals surface area contributed by atoms with Crippen LogP contribution in [0, 0.1) is 11.6 Å². The zero-order valence-corrected chi connectivity index (χ0v) is 14.5. The number of nitrogens with one attached hydrogen (secondary N) is 1. The van der Waals surface area contributed by atoms with Crippen LogP contribution in [-0.2, 0) is 22.6 Å². The van der Waals surface area contributed by atoms with Gasteiger partial charge in [-0.2, -0.15) is 0 Å². The molecule has 2 aromatic rings. The van der Waals surface area contributed by atoms with Crippen molar-refractivity contribution in [2.45, 2.75) is 32.4 Å². The van der Waals surface area contributed by atoms with Gasteiger partial charge in [0.15, 0.2) is 0 Å². The van der Waals surface area contributed by atoms with Gasteiger partial charge in [0.1, 0.15) is 17.7 Å². The predicted octanol–water partition coefficient (Wildman–Crippen LogP) is 3.12. The summed E-state index contributed by atoms with van der Waals surface area (Å²) in [6.07, 6.45) is 0.981. The van der Waals surface area contributed by atoms with Gasteiger partial charge in [-0.05, 0) is 35.7 Å². The molecular weight excluding hydrogens is 338 g/mol. The fraction of sp³-hybridized carbons (Fsp3) is 0.300. The molecule has 1 N–H and O–H groups in total. The predicted molar refractivity (Wildman–Crippen MR) is 93.1 cm³/mol. The molecule has 0 bridgehead atoms. The lowest BCUT2D eigenvalue weighted by molar-refractivity contribution is -0.141. The maximum atomic E-state index is 13.8. The molecule has 0 saturated heterocycles. The number of carbonyl (C=O) groups is 2. The van der Waals surface area contributed by atoms with Crippen LogP contribution in [0.5, 0.6) is 0 Å². The highest BCUT2D eigenvalue weighted by Gasteiger charge is 2.36. The first-order valence-corrected chi connectivity index (χ1v) is 8.60. The molecule has 4 nitrogen and oxygen atoms in total. The van der Waals surface area contributed by atoms with Crippen LogP contribution in [0.4, 0.5) is 8.78 Å². The summed E-state index contributed by atoms with van der Waals surface area (Å²) in [5, 5.41) is 2.65. The van der Waals surface area contributed by atoms with Crippen LogP contribution < -0.4 is 5.32 Å². The second-order valence-corrected chi connectivity index (χ2v) is 6.32. The minimum absolute atomic E-state index is 0.0656. The molecule has 0 aromatic heterocycles. The molecule has 2 amide bonds. The molecule has 1 aliphatic rings. The normalized spacial score (nSPS) is 16.3. The van der Waals surface area contributed by atoms with Gasteiger partial charge in [-0.3, -0.25) is 9.59 Å². The van der Waals surface area contributed by atoms with Crippen LogP contribution in [0.15, 0.2) is 42.5 Å². The standard InChI is InChI=1S/C20H20F2N2O2/c1-2-9-24-18(25)11-13-5-3-4-6-16(13)19(24)20(26)23-12-14-10-15(21)7-8-17(14)22/h3-8,10,19H,2,9,11-12H2,1H3,(H,23,26)/t19-/m0/s1. The smallest absolute Gasteiger partial charge is 0.247 e. The molecule has 136 valence electrons. The van der Waals surface area contributed by atoms with Crippen molar-refractivity contribution >= 4 is 11.8 Å². The van der Waals surface area contributed by atoms with Crippen molar-refractivity contribution in [2.75, 3.05) is 6.54 Å². The Labute approximate surface area is 150 Å². The number of halogens is 2. The Kier molecular flexibility index (Phi) is 5.30. The van der Waals surface area contributed by atoms with E-state index in [-0.39, 0.29) is 24.4 Å². The summed E-state index contributed by atoms with van der Waals surface area (Å²) in [6.45, 7) is 2.25. The molecular formula is C20H20F2N2O2. The number of hydrogen-bond acceptors (Lipinski definition) is 2. The van der Waals surface area contributed by atoms with Gasteiger partial charge in [-0.15, -0.1) is 0 Å². The third-order valence-electron chi connectivity index (χ3n) is 4.50. The number of carbonyl (C=O) groups excluding carboxylic acids is 2. The quantitative estimate of drug-likeness (QED) is 0.893. The minimum atomic E-state index is -0.760. The second kappa shape index (κ2) is 7.64. The zero-order chi connectivity index (χ0) is 18.7. The molecule has 0 radical (unpaired) electrons. The van der Waals surface area contributed by atoms with Crippen LogP contribution in [0.1, 0.15) is 36.1 Å². The van der Waals surface area contributed by atoms with Crippen molar-refractivity contribution in [1.82, 2.24) is 10.2 Å². The lowest BCUT2D eigenvalue weighted by Crippen LogP contribution is -2.47. The number of nitrogens with zero attached hydrogens (tertiary/aromatic N) is 1. The van der Waals surface area contributed by atoms with E-state index in [1.807, 2.05) is 31.2 Å². The van der Waals surface area contributed by atoms with Crippen LogP contribution in [0.2, 0.25) is 0 Å². The number of amides is 2. The van der Waals surface area contributed by atoms with Gasteiger partial charge in [0.2, 0.25) is 11.8 Å². The van der Waals surface area contributed by atoms with Crippen molar-refractivity contribution < 1.29 is 18.4 Å². The summed E-state index contributed by atoms with van der Waals surface area (Å²) in [6, 6.07) is 9.67. The maximum absolute atomic E-state index is 13.8. The number of rotatable bonds is 5. The highest BCUT2D eigenvalue weighted by atomic mass is 19.1. The molecule has 2 aromatic carbocycles. The zero-order valence-electron chi connectivity index (χ0n) is 14.5. The average molecular weight is 358 g/mol. The maximum Gasteiger partial charge on any atom is 0.247 e. The topological polar surface area (TPSA) is 49.4 Å². The van der Waals surface area contributed by atoms with Gasteiger partial charge >= 0.3 is 0 Å². The van der Waals surface area contributed by atoms with E-state index in [4.69, 9.17) is 0 Å². The fourth-order valence-corrected chi connectivity index (χ4v) is 3.27. The average Bonchev–Trinajstić information content (AvgIpc) is 2.63. The first-order chi connectivity index (χ1) is 12.5. The third-order valence-corrected chi connectivity index (χ3v) is 4.50. The summed E-state index contributed by atoms with van der Waals surface area (Å²) in [4.78, 5) is 26.9. The van der Waals surface area contributed by atoms with Gasteiger partial charge in [-0.25, -0.2) is 8.78 Å². The Bertz CT molecular complexity index is 838. The van der Waals surface area contributed by atoms with Gasteiger partial charge in [0.25, 0.3) is 0 Å². The molecule has 0 aliphatic carbocycles. The fourth-order valence-electron chi connectivity index (χ4n) is 3.27. The summed E-state index contributed by atoms with van der Waals surface area (Å²) >= 11 is 0. The Morgan fingerprint density at radius 2 is 2.00 bits per heavy atom. The molecule has 0 saturated carbocycles. The Morgan fingerprint density at radius 3 is 2.77 bits per heavy atom. The van der Waals surface area contributed by atoms with E-state index in [1.165, 1.54) is 0 Å². The number of fused-ring (bicyclic) bond motifs is 1. The van der Waals surface area contributed by atoms with Crippen molar-refractivity contribution in [1.29, 1.82) is 0 Å². The van der Waals surface area contributed by atoms with Crippen molar-refractivity contribution in [2.24, 2.45) is 0 Å². The Balaban J connectivity index is 1.85. The summed E-state index contributed by atoms with van der Waals surface area (Å²) in [5.74, 6) is -1.66. The summed E-state index contributed by atoms with van der Waals surface area (Å²) < 4.78 is 27.1. The lowest BCUT2D eigenvalue weighted by Gasteiger charge is -2.36. The van der Waals surface area contributed by atoms with Gasteiger partial charge in [0, 0.05) is 18.7 Å². The van der Waals surface area contributed by atoms with Crippen molar-refractivity contribution in [3.8, 4) is 0 Å². The number of benzene rings is 2. The second-order valence-electron chi connectivity index (χ2n) is 6.32. The van der Waals surface area contributed by atoms with E-state index in [9.17, 15) is 18.4 Å². The SMILES string of the molecule is CCCN1C(=O)Cc2ccccc2[C@H]1C(=O)NCc1cc(F)ccc1F. The van der Waals surface area contributed by atoms with Gasteiger partial charge in [0.05, 0.1) is 6.42 Å². The van der Waals surface area contributed by atoms with Crippen LogP contribution in [0.3, 0.4) is 0 Å². The van der Waals surface area contributed by atoms with Crippen LogP contribution in [0.25, 0.3) is 0 Å². The van der Waals surface area contributed by atoms with Gasteiger partial charge < -0.3 is 10.2 Å². The molecule has 3 rings (SSSR count). The molecule has 6 heteroatoms. The molecule has 1 aliphatic heterocycles. The van der Waals surface area contributed by atoms with Crippen LogP contribution in [-0.4, -0.2) is 23.3 Å². The van der Waals surface area contributed by atoms with Gasteiger partial charge in [-0.1, -0.05) is 31.2 Å². The molecule has 0 unspecified atom stereocenters. The monoisotopic (exact) mass is 358 g/mol. The minimum Gasteiger partial charge on any atom is -0.350 e. The molecule has 1 atom stereocenters. The highest BCUT2D eigenvalue weighted by molar-refractivity contribution is 5.92. The Hall–Kier alpha value is -2.76. The highest BCUT2D eigenvalue weighted by Crippen LogP contribution is 2.30. The van der Waals surface area contributed by atoms with E-state index in [1.54, 1.807) is 4.90 Å². The van der Waals surface area contributed by atoms with Crippen molar-refractivity contribution in [3.05, 3.63) is 70.8 Å². The van der Waals surface area contributed by atoms with E-state index < -0.39 is 23.6 Å². The molecule has 0 spiro atoms. The largest absolute Gasteiger partial charge is 0.350 e. The molecule has 0 fully saturated rings. The van der Waals surface area contributed by atoms with E-state index >= 15 is 0 Å². The molecule has 1 heterocycles. The summed E-state index contributed by atoms with van der Waals surface area (Å²) in [5.41, 5.74) is 1.66.